The Morgan fingerprint density at radius 3 is 2.52 bits per heavy atom. The summed E-state index contributed by atoms with van der Waals surface area (Å²) in [5.41, 5.74) is 3.18. The normalized spacial score (nSPS) is 10.9. The number of thiocarbonyl (C=S) groups is 1. The molecule has 0 unspecified atom stereocenters. The quantitative estimate of drug-likeness (QED) is 0.258. The Hall–Kier alpha value is -2.35. The van der Waals surface area contributed by atoms with E-state index in [1.165, 1.54) is 11.8 Å². The molecular formula is C20H16N4S3. The van der Waals surface area contributed by atoms with Crippen molar-refractivity contribution in [1.82, 2.24) is 19.9 Å². The van der Waals surface area contributed by atoms with E-state index in [1.807, 2.05) is 49.3 Å². The monoisotopic (exact) mass is 408 g/mol. The van der Waals surface area contributed by atoms with Crippen LogP contribution in [0.3, 0.4) is 0 Å². The van der Waals surface area contributed by atoms with Crippen molar-refractivity contribution < 1.29 is 0 Å². The van der Waals surface area contributed by atoms with Gasteiger partial charge in [0.05, 0.1) is 5.39 Å². The van der Waals surface area contributed by atoms with Gasteiger partial charge < -0.3 is 4.90 Å². The number of fused-ring (bicyclic) bond motifs is 1. The smallest absolute Gasteiger partial charge is 0.163 e. The van der Waals surface area contributed by atoms with Gasteiger partial charge in [0, 0.05) is 43.0 Å². The largest absolute Gasteiger partial charge is 0.363 e. The molecular weight excluding hydrogens is 392 g/mol. The second-order valence-electron chi connectivity index (χ2n) is 6.05. The number of aromatic nitrogens is 3. The Labute approximate surface area is 171 Å². The molecule has 0 fully saturated rings. The molecule has 7 heteroatoms. The van der Waals surface area contributed by atoms with E-state index in [1.54, 1.807) is 23.7 Å². The van der Waals surface area contributed by atoms with E-state index in [4.69, 9.17) is 22.2 Å². The van der Waals surface area contributed by atoms with Gasteiger partial charge in [0.2, 0.25) is 0 Å². The summed E-state index contributed by atoms with van der Waals surface area (Å²) in [5, 5.41) is 4.07. The molecule has 0 saturated carbocycles. The van der Waals surface area contributed by atoms with E-state index in [-0.39, 0.29) is 0 Å². The molecule has 0 aliphatic heterocycles. The van der Waals surface area contributed by atoms with Crippen molar-refractivity contribution in [2.75, 3.05) is 14.1 Å². The molecule has 3 heterocycles. The van der Waals surface area contributed by atoms with Gasteiger partial charge in [-0.1, -0.05) is 42.5 Å². The van der Waals surface area contributed by atoms with Crippen molar-refractivity contribution in [1.29, 1.82) is 0 Å². The van der Waals surface area contributed by atoms with Crippen LogP contribution in [0.1, 0.15) is 0 Å². The first kappa shape index (κ1) is 18.0. The van der Waals surface area contributed by atoms with Crippen LogP contribution in [0.4, 0.5) is 0 Å². The SMILES string of the molecule is CN(C)C(=S)Sc1nc(-c2cccnc2)nc2scc(-c3ccccc3)c12. The number of benzene rings is 1. The molecule has 134 valence electrons. The highest BCUT2D eigenvalue weighted by atomic mass is 32.2. The van der Waals surface area contributed by atoms with Gasteiger partial charge in [-0.3, -0.25) is 4.98 Å². The van der Waals surface area contributed by atoms with Gasteiger partial charge in [0.1, 0.15) is 14.2 Å². The second-order valence-corrected chi connectivity index (χ2v) is 8.53. The van der Waals surface area contributed by atoms with Crippen LogP contribution in [0.5, 0.6) is 0 Å². The Morgan fingerprint density at radius 1 is 1.04 bits per heavy atom. The van der Waals surface area contributed by atoms with E-state index in [0.29, 0.717) is 5.82 Å². The molecule has 0 aliphatic rings. The lowest BCUT2D eigenvalue weighted by atomic mass is 10.1. The zero-order valence-corrected chi connectivity index (χ0v) is 17.2. The lowest BCUT2D eigenvalue weighted by Crippen LogP contribution is -2.16. The van der Waals surface area contributed by atoms with Gasteiger partial charge >= 0.3 is 0 Å². The van der Waals surface area contributed by atoms with Crippen LogP contribution >= 0.6 is 35.3 Å². The summed E-state index contributed by atoms with van der Waals surface area (Å²) in [5.74, 6) is 0.668. The Morgan fingerprint density at radius 2 is 1.81 bits per heavy atom. The highest BCUT2D eigenvalue weighted by Gasteiger charge is 2.18. The summed E-state index contributed by atoms with van der Waals surface area (Å²) < 4.78 is 0.761. The van der Waals surface area contributed by atoms with Gasteiger partial charge in [0.15, 0.2) is 5.82 Å². The summed E-state index contributed by atoms with van der Waals surface area (Å²) in [6.45, 7) is 0. The Balaban J connectivity index is 1.93. The molecule has 0 aliphatic carbocycles. The number of nitrogens with zero attached hydrogens (tertiary/aromatic N) is 4. The number of hydrogen-bond acceptors (Lipinski definition) is 6. The maximum Gasteiger partial charge on any atom is 0.163 e. The molecule has 0 N–H and O–H groups in total. The minimum Gasteiger partial charge on any atom is -0.363 e. The molecule has 0 bridgehead atoms. The number of rotatable bonds is 3. The van der Waals surface area contributed by atoms with E-state index in [0.717, 1.165) is 36.3 Å². The van der Waals surface area contributed by atoms with Crippen LogP contribution in [0.25, 0.3) is 32.7 Å². The topological polar surface area (TPSA) is 41.9 Å². The second kappa shape index (κ2) is 7.72. The molecule has 27 heavy (non-hydrogen) atoms. The lowest BCUT2D eigenvalue weighted by Gasteiger charge is -2.14. The zero-order valence-electron chi connectivity index (χ0n) is 14.8. The molecule has 0 radical (unpaired) electrons. The molecule has 3 aromatic heterocycles. The molecule has 4 rings (SSSR count). The first-order valence-electron chi connectivity index (χ1n) is 8.27. The van der Waals surface area contributed by atoms with Crippen molar-refractivity contribution in [2.45, 2.75) is 5.03 Å². The van der Waals surface area contributed by atoms with Gasteiger partial charge in [-0.25, -0.2) is 9.97 Å². The van der Waals surface area contributed by atoms with Crippen LogP contribution in [0.2, 0.25) is 0 Å². The van der Waals surface area contributed by atoms with Crippen LogP contribution in [0, 0.1) is 0 Å². The van der Waals surface area contributed by atoms with Crippen LogP contribution < -0.4 is 0 Å². The molecule has 0 spiro atoms. The van der Waals surface area contributed by atoms with E-state index in [9.17, 15) is 0 Å². The van der Waals surface area contributed by atoms with E-state index < -0.39 is 0 Å². The fraction of sp³-hybridized carbons (Fsp3) is 0.100. The third-order valence-electron chi connectivity index (χ3n) is 3.95. The third kappa shape index (κ3) is 3.71. The molecule has 0 saturated heterocycles. The standard InChI is InChI=1S/C20H16N4S3/c1-24(2)20(25)27-19-16-15(13-7-4-3-5-8-13)12-26-18(16)22-17(23-19)14-9-6-10-21-11-14/h3-12H,1-2H3. The average molecular weight is 409 g/mol. The first-order chi connectivity index (χ1) is 13.1. The van der Waals surface area contributed by atoms with Crippen LogP contribution in [-0.4, -0.2) is 38.3 Å². The number of thioether (sulfide) groups is 1. The average Bonchev–Trinajstić information content (AvgIpc) is 3.13. The molecule has 4 nitrogen and oxygen atoms in total. The fourth-order valence-corrected chi connectivity index (χ4v) is 4.65. The minimum atomic E-state index is 0.668. The van der Waals surface area contributed by atoms with Crippen LogP contribution in [-0.2, 0) is 0 Å². The number of pyridine rings is 1. The number of hydrogen-bond donors (Lipinski definition) is 0. The van der Waals surface area contributed by atoms with Crippen molar-refractivity contribution in [2.24, 2.45) is 0 Å². The van der Waals surface area contributed by atoms with Gasteiger partial charge in [-0.15, -0.1) is 11.3 Å². The maximum absolute atomic E-state index is 5.54. The predicted octanol–water partition coefficient (Wildman–Crippen LogP) is 5.36. The molecule has 4 aromatic rings. The Bertz CT molecular complexity index is 1090. The van der Waals surface area contributed by atoms with Gasteiger partial charge in [-0.05, 0) is 29.5 Å². The Kier molecular flexibility index (Phi) is 5.15. The molecule has 0 amide bonds. The summed E-state index contributed by atoms with van der Waals surface area (Å²) >= 11 is 8.66. The van der Waals surface area contributed by atoms with Gasteiger partial charge in [-0.2, -0.15) is 0 Å². The van der Waals surface area contributed by atoms with Crippen molar-refractivity contribution >= 4 is 49.9 Å². The van der Waals surface area contributed by atoms with Crippen molar-refractivity contribution in [3.05, 3.63) is 60.2 Å². The fourth-order valence-electron chi connectivity index (χ4n) is 2.61. The minimum absolute atomic E-state index is 0.668. The third-order valence-corrected chi connectivity index (χ3v) is 6.47. The summed E-state index contributed by atoms with van der Waals surface area (Å²) in [7, 11) is 3.89. The predicted molar refractivity (Wildman–Crippen MR) is 118 cm³/mol. The highest BCUT2D eigenvalue weighted by Crippen LogP contribution is 2.39. The zero-order chi connectivity index (χ0) is 18.8. The van der Waals surface area contributed by atoms with Crippen molar-refractivity contribution in [3.63, 3.8) is 0 Å². The number of thiophene rings is 1. The summed E-state index contributed by atoms with van der Waals surface area (Å²) in [6, 6.07) is 14.2. The maximum atomic E-state index is 5.54. The van der Waals surface area contributed by atoms with E-state index >= 15 is 0 Å². The van der Waals surface area contributed by atoms with Crippen LogP contribution in [0.15, 0.2) is 65.3 Å². The molecule has 1 aromatic carbocycles. The van der Waals surface area contributed by atoms with Gasteiger partial charge in [0.25, 0.3) is 0 Å². The van der Waals surface area contributed by atoms with E-state index in [2.05, 4.69) is 22.5 Å². The summed E-state index contributed by atoms with van der Waals surface area (Å²) in [4.78, 5) is 16.7. The summed E-state index contributed by atoms with van der Waals surface area (Å²) in [6.07, 6.45) is 3.53. The lowest BCUT2D eigenvalue weighted by molar-refractivity contribution is 0.648. The first-order valence-corrected chi connectivity index (χ1v) is 10.4. The highest BCUT2D eigenvalue weighted by molar-refractivity contribution is 8.23. The molecule has 0 atom stereocenters. The van der Waals surface area contributed by atoms with Crippen molar-refractivity contribution in [3.8, 4) is 22.5 Å².